The van der Waals surface area contributed by atoms with Crippen molar-refractivity contribution in [2.45, 2.75) is 31.6 Å². The molecule has 0 aromatic carbocycles. The van der Waals surface area contributed by atoms with Gasteiger partial charge in [-0.15, -0.1) is 0 Å². The Labute approximate surface area is 83.3 Å². The maximum atomic E-state index is 10.7. The molecule has 0 aliphatic carbocycles. The smallest absolute Gasteiger partial charge is 0.451 e. The first-order valence-corrected chi connectivity index (χ1v) is 4.93. The molecule has 2 unspecified atom stereocenters. The molecule has 0 aromatic rings. The minimum atomic E-state index is -1.27. The van der Waals surface area contributed by atoms with E-state index in [9.17, 15) is 4.79 Å². The predicted molar refractivity (Wildman–Crippen MR) is 51.8 cm³/mol. The van der Waals surface area contributed by atoms with Crippen LogP contribution in [0.25, 0.3) is 0 Å². The Morgan fingerprint density at radius 1 is 1.50 bits per heavy atom. The Kier molecular flexibility index (Phi) is 4.38. The molecule has 4 N–H and O–H groups in total. The number of carbonyl (C=O) groups is 1. The van der Waals surface area contributed by atoms with E-state index in [1.54, 1.807) is 0 Å². The number of carboxylic acid groups (broad SMARTS) is 1. The van der Waals surface area contributed by atoms with Crippen molar-refractivity contribution in [2.75, 3.05) is 6.54 Å². The highest BCUT2D eigenvalue weighted by molar-refractivity contribution is 6.40. The van der Waals surface area contributed by atoms with Crippen molar-refractivity contribution in [1.29, 1.82) is 0 Å². The van der Waals surface area contributed by atoms with Crippen LogP contribution in [0.3, 0.4) is 0 Å². The molecule has 0 spiro atoms. The third-order valence-corrected chi connectivity index (χ3v) is 2.65. The second kappa shape index (κ2) is 5.33. The normalized spacial score (nSPS) is 26.4. The first-order valence-electron chi connectivity index (χ1n) is 4.93. The van der Waals surface area contributed by atoms with Crippen molar-refractivity contribution < 1.29 is 19.9 Å². The van der Waals surface area contributed by atoms with Gasteiger partial charge in [-0.1, -0.05) is 6.42 Å². The molecule has 1 aliphatic rings. The van der Waals surface area contributed by atoms with Gasteiger partial charge >= 0.3 is 13.1 Å². The van der Waals surface area contributed by atoms with Crippen molar-refractivity contribution in [3.05, 3.63) is 0 Å². The van der Waals surface area contributed by atoms with Crippen LogP contribution < -0.4 is 5.32 Å². The SMILES string of the molecule is O=C(O)C1NCCC1CCCB(O)O. The molecular formula is C8H16BNO4. The number of nitrogens with one attached hydrogen (secondary N) is 1. The summed E-state index contributed by atoms with van der Waals surface area (Å²) in [6, 6.07) is -0.453. The summed E-state index contributed by atoms with van der Waals surface area (Å²) in [5, 5.41) is 29.0. The van der Waals surface area contributed by atoms with Crippen molar-refractivity contribution in [3.8, 4) is 0 Å². The average molecular weight is 201 g/mol. The van der Waals surface area contributed by atoms with E-state index in [-0.39, 0.29) is 5.92 Å². The van der Waals surface area contributed by atoms with Crippen molar-refractivity contribution in [1.82, 2.24) is 5.32 Å². The van der Waals surface area contributed by atoms with Gasteiger partial charge in [-0.05, 0) is 31.6 Å². The number of rotatable bonds is 5. The van der Waals surface area contributed by atoms with Crippen LogP contribution in [0.15, 0.2) is 0 Å². The summed E-state index contributed by atoms with van der Waals surface area (Å²) in [4.78, 5) is 10.7. The molecule has 1 aliphatic heterocycles. The Hall–Kier alpha value is -0.585. The molecular weight excluding hydrogens is 185 g/mol. The third-order valence-electron chi connectivity index (χ3n) is 2.65. The lowest BCUT2D eigenvalue weighted by Gasteiger charge is -2.14. The van der Waals surface area contributed by atoms with Crippen LogP contribution in [-0.4, -0.2) is 40.8 Å². The van der Waals surface area contributed by atoms with Crippen LogP contribution in [0.4, 0.5) is 0 Å². The van der Waals surface area contributed by atoms with E-state index in [1.165, 1.54) is 0 Å². The Balaban J connectivity index is 2.26. The Bertz CT molecular complexity index is 200. The molecule has 0 aromatic heterocycles. The van der Waals surface area contributed by atoms with Gasteiger partial charge in [0.05, 0.1) is 0 Å². The summed E-state index contributed by atoms with van der Waals surface area (Å²) in [6.45, 7) is 0.739. The summed E-state index contributed by atoms with van der Waals surface area (Å²) in [7, 11) is -1.27. The molecule has 6 heteroatoms. The standard InChI is InChI=1S/C8H16BNO4/c11-8(12)7-6(3-5-10-7)2-1-4-9(13)14/h6-7,10,13-14H,1-5H2,(H,11,12). The number of carboxylic acids is 1. The highest BCUT2D eigenvalue weighted by Crippen LogP contribution is 2.22. The van der Waals surface area contributed by atoms with Crippen molar-refractivity contribution >= 4 is 13.1 Å². The largest absolute Gasteiger partial charge is 0.480 e. The zero-order chi connectivity index (χ0) is 10.6. The lowest BCUT2D eigenvalue weighted by Crippen LogP contribution is -2.35. The maximum absolute atomic E-state index is 10.7. The molecule has 0 saturated carbocycles. The van der Waals surface area contributed by atoms with Gasteiger partial charge in [0.1, 0.15) is 6.04 Å². The topological polar surface area (TPSA) is 89.8 Å². The highest BCUT2D eigenvalue weighted by atomic mass is 16.4. The van der Waals surface area contributed by atoms with Crippen LogP contribution in [0.5, 0.6) is 0 Å². The van der Waals surface area contributed by atoms with E-state index >= 15 is 0 Å². The van der Waals surface area contributed by atoms with Gasteiger partial charge in [0.25, 0.3) is 0 Å². The van der Waals surface area contributed by atoms with Gasteiger partial charge in [-0.25, -0.2) is 0 Å². The summed E-state index contributed by atoms with van der Waals surface area (Å²) in [5.41, 5.74) is 0. The molecule has 0 amide bonds. The molecule has 1 heterocycles. The summed E-state index contributed by atoms with van der Waals surface area (Å²) in [5.74, 6) is -0.678. The quantitative estimate of drug-likeness (QED) is 0.441. The summed E-state index contributed by atoms with van der Waals surface area (Å²) < 4.78 is 0. The van der Waals surface area contributed by atoms with Gasteiger partial charge < -0.3 is 20.5 Å². The molecule has 1 saturated heterocycles. The first-order chi connectivity index (χ1) is 6.61. The van der Waals surface area contributed by atoms with E-state index in [2.05, 4.69) is 5.32 Å². The lowest BCUT2D eigenvalue weighted by molar-refractivity contribution is -0.140. The Morgan fingerprint density at radius 2 is 2.21 bits per heavy atom. The van der Waals surface area contributed by atoms with Gasteiger partial charge in [0.2, 0.25) is 0 Å². The van der Waals surface area contributed by atoms with Crippen LogP contribution in [0.2, 0.25) is 6.32 Å². The molecule has 5 nitrogen and oxygen atoms in total. The van der Waals surface area contributed by atoms with Gasteiger partial charge in [-0.3, -0.25) is 4.79 Å². The van der Waals surface area contributed by atoms with E-state index in [0.717, 1.165) is 19.4 Å². The monoisotopic (exact) mass is 201 g/mol. The number of hydrogen-bond donors (Lipinski definition) is 4. The first kappa shape index (κ1) is 11.5. The highest BCUT2D eigenvalue weighted by Gasteiger charge is 2.31. The average Bonchev–Trinajstić information content (AvgIpc) is 2.51. The summed E-state index contributed by atoms with van der Waals surface area (Å²) in [6.07, 6.45) is 2.58. The zero-order valence-electron chi connectivity index (χ0n) is 8.02. The molecule has 1 fully saturated rings. The molecule has 14 heavy (non-hydrogen) atoms. The molecule has 2 atom stereocenters. The van der Waals surface area contributed by atoms with Crippen molar-refractivity contribution in [3.63, 3.8) is 0 Å². The second-order valence-corrected chi connectivity index (χ2v) is 3.73. The zero-order valence-corrected chi connectivity index (χ0v) is 8.02. The molecule has 1 rings (SSSR count). The van der Waals surface area contributed by atoms with E-state index in [0.29, 0.717) is 12.7 Å². The minimum Gasteiger partial charge on any atom is -0.480 e. The van der Waals surface area contributed by atoms with E-state index in [1.807, 2.05) is 0 Å². The predicted octanol–water partition coefficient (Wildman–Crippen LogP) is -0.698. The fraction of sp³-hybridized carbons (Fsp3) is 0.875. The van der Waals surface area contributed by atoms with Crippen LogP contribution >= 0.6 is 0 Å². The number of hydrogen-bond acceptors (Lipinski definition) is 4. The molecule has 0 bridgehead atoms. The second-order valence-electron chi connectivity index (χ2n) is 3.73. The molecule has 0 radical (unpaired) electrons. The van der Waals surface area contributed by atoms with Crippen LogP contribution in [0.1, 0.15) is 19.3 Å². The van der Waals surface area contributed by atoms with Gasteiger partial charge in [0.15, 0.2) is 0 Å². The van der Waals surface area contributed by atoms with Crippen molar-refractivity contribution in [2.24, 2.45) is 5.92 Å². The Morgan fingerprint density at radius 3 is 2.79 bits per heavy atom. The lowest BCUT2D eigenvalue weighted by atomic mass is 9.81. The van der Waals surface area contributed by atoms with E-state index in [4.69, 9.17) is 15.2 Å². The maximum Gasteiger partial charge on any atom is 0.451 e. The fourth-order valence-electron chi connectivity index (χ4n) is 1.92. The summed E-state index contributed by atoms with van der Waals surface area (Å²) >= 11 is 0. The van der Waals surface area contributed by atoms with Gasteiger partial charge in [0, 0.05) is 0 Å². The minimum absolute atomic E-state index is 0.131. The third kappa shape index (κ3) is 3.28. The van der Waals surface area contributed by atoms with E-state index < -0.39 is 19.1 Å². The van der Waals surface area contributed by atoms with Gasteiger partial charge in [-0.2, -0.15) is 0 Å². The fourth-order valence-corrected chi connectivity index (χ4v) is 1.92. The molecule has 80 valence electrons. The van der Waals surface area contributed by atoms with Crippen LogP contribution in [0, 0.1) is 5.92 Å². The van der Waals surface area contributed by atoms with Crippen LogP contribution in [-0.2, 0) is 4.79 Å². The number of aliphatic carboxylic acids is 1.